The predicted molar refractivity (Wildman–Crippen MR) is 78.6 cm³/mol. The summed E-state index contributed by atoms with van der Waals surface area (Å²) in [4.78, 5) is 25.2. The van der Waals surface area contributed by atoms with E-state index in [1.54, 1.807) is 11.8 Å². The maximum absolute atomic E-state index is 12.6. The molecule has 0 radical (unpaired) electrons. The van der Waals surface area contributed by atoms with Crippen molar-refractivity contribution in [3.05, 3.63) is 35.4 Å². The number of carbonyl (C=O) groups excluding carboxylic acids is 2. The lowest BCUT2D eigenvalue weighted by molar-refractivity contribution is -0.137. The molecule has 1 N–H and O–H groups in total. The molecule has 4 nitrogen and oxygen atoms in total. The van der Waals surface area contributed by atoms with Crippen LogP contribution in [0.4, 0.5) is 13.2 Å². The molecule has 2 amide bonds. The number of hydrogen-bond donors (Lipinski definition) is 1. The SMILES string of the molecule is CC(CN1CCCC1=O)NC(=O)Cc1cccc(C(F)(F)F)c1. The molecule has 0 bridgehead atoms. The van der Waals surface area contributed by atoms with Gasteiger partial charge in [0.15, 0.2) is 0 Å². The van der Waals surface area contributed by atoms with Crippen molar-refractivity contribution in [2.75, 3.05) is 13.1 Å². The highest BCUT2D eigenvalue weighted by atomic mass is 19.4. The second-order valence-corrected chi connectivity index (χ2v) is 5.79. The molecule has 1 aliphatic heterocycles. The van der Waals surface area contributed by atoms with Crippen molar-refractivity contribution in [3.8, 4) is 0 Å². The number of nitrogens with zero attached hydrogens (tertiary/aromatic N) is 1. The van der Waals surface area contributed by atoms with Crippen molar-refractivity contribution in [2.24, 2.45) is 0 Å². The largest absolute Gasteiger partial charge is 0.416 e. The Kier molecular flexibility index (Phi) is 5.28. The third-order valence-electron chi connectivity index (χ3n) is 3.69. The van der Waals surface area contributed by atoms with Crippen LogP contribution in [0.3, 0.4) is 0 Å². The monoisotopic (exact) mass is 328 g/mol. The van der Waals surface area contributed by atoms with Crippen LogP contribution in [-0.4, -0.2) is 35.8 Å². The van der Waals surface area contributed by atoms with E-state index >= 15 is 0 Å². The lowest BCUT2D eigenvalue weighted by Crippen LogP contribution is -2.42. The molecule has 0 spiro atoms. The molecule has 1 aromatic rings. The third kappa shape index (κ3) is 4.97. The molecule has 0 aliphatic carbocycles. The lowest BCUT2D eigenvalue weighted by atomic mass is 10.1. The van der Waals surface area contributed by atoms with Crippen molar-refractivity contribution in [1.82, 2.24) is 10.2 Å². The van der Waals surface area contributed by atoms with Crippen molar-refractivity contribution < 1.29 is 22.8 Å². The highest BCUT2D eigenvalue weighted by Crippen LogP contribution is 2.29. The second kappa shape index (κ2) is 7.02. The second-order valence-electron chi connectivity index (χ2n) is 5.79. The van der Waals surface area contributed by atoms with Gasteiger partial charge in [-0.3, -0.25) is 9.59 Å². The van der Waals surface area contributed by atoms with Crippen LogP contribution in [0.25, 0.3) is 0 Å². The smallest absolute Gasteiger partial charge is 0.352 e. The fourth-order valence-electron chi connectivity index (χ4n) is 2.64. The summed E-state index contributed by atoms with van der Waals surface area (Å²) < 4.78 is 37.9. The number of rotatable bonds is 5. The van der Waals surface area contributed by atoms with E-state index in [4.69, 9.17) is 0 Å². The molecule has 1 heterocycles. The van der Waals surface area contributed by atoms with Gasteiger partial charge < -0.3 is 10.2 Å². The van der Waals surface area contributed by atoms with Gasteiger partial charge in [-0.05, 0) is 25.0 Å². The average molecular weight is 328 g/mol. The first-order valence-electron chi connectivity index (χ1n) is 7.49. The Labute approximate surface area is 132 Å². The van der Waals surface area contributed by atoms with Gasteiger partial charge in [-0.15, -0.1) is 0 Å². The van der Waals surface area contributed by atoms with E-state index in [1.165, 1.54) is 12.1 Å². The molecule has 126 valence electrons. The summed E-state index contributed by atoms with van der Waals surface area (Å²) in [6, 6.07) is 4.49. The van der Waals surface area contributed by atoms with Gasteiger partial charge >= 0.3 is 6.18 Å². The number of nitrogens with one attached hydrogen (secondary N) is 1. The van der Waals surface area contributed by atoms with E-state index in [2.05, 4.69) is 5.32 Å². The van der Waals surface area contributed by atoms with E-state index < -0.39 is 11.7 Å². The normalized spacial score (nSPS) is 16.5. The minimum absolute atomic E-state index is 0.0731. The average Bonchev–Trinajstić information content (AvgIpc) is 2.83. The molecule has 7 heteroatoms. The quantitative estimate of drug-likeness (QED) is 0.902. The molecule has 2 rings (SSSR count). The first-order valence-corrected chi connectivity index (χ1v) is 7.49. The minimum atomic E-state index is -4.42. The van der Waals surface area contributed by atoms with Crippen molar-refractivity contribution in [3.63, 3.8) is 0 Å². The molecule has 1 fully saturated rings. The van der Waals surface area contributed by atoms with Crippen molar-refractivity contribution >= 4 is 11.8 Å². The maximum atomic E-state index is 12.6. The molecule has 1 unspecified atom stereocenters. The van der Waals surface area contributed by atoms with E-state index in [0.717, 1.165) is 18.6 Å². The summed E-state index contributed by atoms with van der Waals surface area (Å²) >= 11 is 0. The first kappa shape index (κ1) is 17.3. The fraction of sp³-hybridized carbons (Fsp3) is 0.500. The Bertz CT molecular complexity index is 587. The van der Waals surface area contributed by atoms with E-state index in [9.17, 15) is 22.8 Å². The number of alkyl halides is 3. The van der Waals surface area contributed by atoms with Crippen LogP contribution < -0.4 is 5.32 Å². The minimum Gasteiger partial charge on any atom is -0.352 e. The van der Waals surface area contributed by atoms with Gasteiger partial charge in [0.2, 0.25) is 11.8 Å². The molecule has 1 atom stereocenters. The van der Waals surface area contributed by atoms with Crippen molar-refractivity contribution in [1.29, 1.82) is 0 Å². The Hall–Kier alpha value is -2.05. The topological polar surface area (TPSA) is 49.4 Å². The van der Waals surface area contributed by atoms with E-state index in [-0.39, 0.29) is 24.3 Å². The number of halogens is 3. The molecule has 1 saturated heterocycles. The van der Waals surface area contributed by atoms with Gasteiger partial charge in [0.25, 0.3) is 0 Å². The van der Waals surface area contributed by atoms with Crippen LogP contribution in [0.15, 0.2) is 24.3 Å². The zero-order chi connectivity index (χ0) is 17.0. The molecule has 1 aromatic carbocycles. The molecule has 0 saturated carbocycles. The number of amides is 2. The van der Waals surface area contributed by atoms with Crippen LogP contribution in [0, 0.1) is 0 Å². The summed E-state index contributed by atoms with van der Waals surface area (Å²) in [5.74, 6) is -0.285. The zero-order valence-electron chi connectivity index (χ0n) is 12.8. The molecule has 23 heavy (non-hydrogen) atoms. The zero-order valence-corrected chi connectivity index (χ0v) is 12.8. The van der Waals surface area contributed by atoms with Gasteiger partial charge in [-0.1, -0.05) is 18.2 Å². The Morgan fingerprint density at radius 2 is 2.13 bits per heavy atom. The number of carbonyl (C=O) groups is 2. The molecular weight excluding hydrogens is 309 g/mol. The van der Waals surface area contributed by atoms with Crippen LogP contribution in [0.5, 0.6) is 0 Å². The van der Waals surface area contributed by atoms with Gasteiger partial charge in [-0.25, -0.2) is 0 Å². The number of hydrogen-bond acceptors (Lipinski definition) is 2. The summed E-state index contributed by atoms with van der Waals surface area (Å²) in [6.07, 6.45) is -3.19. The van der Waals surface area contributed by atoms with Gasteiger partial charge in [0.05, 0.1) is 12.0 Å². The van der Waals surface area contributed by atoms with E-state index in [1.807, 2.05) is 0 Å². The predicted octanol–water partition coefficient (Wildman–Crippen LogP) is 2.38. The first-order chi connectivity index (χ1) is 10.8. The molecule has 1 aliphatic rings. The standard InChI is InChI=1S/C16H19F3N2O2/c1-11(10-21-7-3-6-15(21)23)20-14(22)9-12-4-2-5-13(8-12)16(17,18)19/h2,4-5,8,11H,3,6-7,9-10H2,1H3,(H,20,22). The highest BCUT2D eigenvalue weighted by Gasteiger charge is 2.30. The summed E-state index contributed by atoms with van der Waals surface area (Å²) in [7, 11) is 0. The van der Waals surface area contributed by atoms with Crippen LogP contribution in [0.1, 0.15) is 30.9 Å². The van der Waals surface area contributed by atoms with Crippen LogP contribution >= 0.6 is 0 Å². The summed E-state index contributed by atoms with van der Waals surface area (Å²) in [5, 5.41) is 2.72. The van der Waals surface area contributed by atoms with E-state index in [0.29, 0.717) is 25.1 Å². The maximum Gasteiger partial charge on any atom is 0.416 e. The Balaban J connectivity index is 1.88. The van der Waals surface area contributed by atoms with Crippen molar-refractivity contribution in [2.45, 2.75) is 38.4 Å². The summed E-state index contributed by atoms with van der Waals surface area (Å²) in [5.41, 5.74) is -0.458. The van der Waals surface area contributed by atoms with Gasteiger partial charge in [0, 0.05) is 25.6 Å². The molecular formula is C16H19F3N2O2. The Morgan fingerprint density at radius 1 is 1.39 bits per heavy atom. The lowest BCUT2D eigenvalue weighted by Gasteiger charge is -2.21. The summed E-state index contributed by atoms with van der Waals surface area (Å²) in [6.45, 7) is 2.88. The molecule has 0 aromatic heterocycles. The van der Waals surface area contributed by atoms with Crippen LogP contribution in [0.2, 0.25) is 0 Å². The number of likely N-dealkylation sites (tertiary alicyclic amines) is 1. The fourth-order valence-corrected chi connectivity index (χ4v) is 2.64. The highest BCUT2D eigenvalue weighted by molar-refractivity contribution is 5.80. The Morgan fingerprint density at radius 3 is 2.74 bits per heavy atom. The van der Waals surface area contributed by atoms with Gasteiger partial charge in [0.1, 0.15) is 0 Å². The van der Waals surface area contributed by atoms with Crippen LogP contribution in [-0.2, 0) is 22.2 Å². The van der Waals surface area contributed by atoms with Gasteiger partial charge in [-0.2, -0.15) is 13.2 Å². The number of benzene rings is 1. The third-order valence-corrected chi connectivity index (χ3v) is 3.69.